The largest absolute Gasteiger partial charge is 0.466 e. The van der Waals surface area contributed by atoms with Crippen LogP contribution in [0.4, 0.5) is 0 Å². The highest BCUT2D eigenvalue weighted by molar-refractivity contribution is 5.76. The van der Waals surface area contributed by atoms with Gasteiger partial charge in [0.15, 0.2) is 0 Å². The van der Waals surface area contributed by atoms with E-state index in [-0.39, 0.29) is 17.9 Å². The highest BCUT2D eigenvalue weighted by atomic mass is 16.5. The van der Waals surface area contributed by atoms with Gasteiger partial charge in [0.05, 0.1) is 24.8 Å². The molecule has 0 fully saturated rings. The fraction of sp³-hybridized carbons (Fsp3) is 0.333. The number of aliphatic imine (C=N–C) groups is 1. The molecule has 0 N–H and O–H groups in total. The Hall–Kier alpha value is -2.82. The van der Waals surface area contributed by atoms with Crippen molar-refractivity contribution < 1.29 is 9.53 Å². The number of carbonyl (C=O) groups is 1. The highest BCUT2D eigenvalue weighted by Crippen LogP contribution is 2.55. The van der Waals surface area contributed by atoms with Crippen molar-refractivity contribution in [1.82, 2.24) is 9.97 Å². The van der Waals surface area contributed by atoms with Crippen molar-refractivity contribution in [2.45, 2.75) is 31.2 Å². The van der Waals surface area contributed by atoms with Gasteiger partial charge in [0.2, 0.25) is 0 Å². The second-order valence-corrected chi connectivity index (χ2v) is 6.76. The van der Waals surface area contributed by atoms with Crippen LogP contribution in [0.3, 0.4) is 0 Å². The van der Waals surface area contributed by atoms with Crippen LogP contribution in [0.25, 0.3) is 0 Å². The second kappa shape index (κ2) is 6.83. The van der Waals surface area contributed by atoms with Gasteiger partial charge in [0.25, 0.3) is 0 Å². The van der Waals surface area contributed by atoms with Gasteiger partial charge in [-0.1, -0.05) is 12.1 Å². The predicted octanol–water partition coefficient (Wildman–Crippen LogP) is 3.22. The van der Waals surface area contributed by atoms with Crippen molar-refractivity contribution in [1.29, 1.82) is 0 Å². The van der Waals surface area contributed by atoms with Crippen molar-refractivity contribution >= 4 is 12.2 Å². The van der Waals surface area contributed by atoms with Crippen molar-refractivity contribution in [3.63, 3.8) is 0 Å². The van der Waals surface area contributed by atoms with Gasteiger partial charge < -0.3 is 4.74 Å². The number of allylic oxidation sites excluding steroid dienone is 1. The number of esters is 1. The van der Waals surface area contributed by atoms with E-state index in [0.717, 1.165) is 16.8 Å². The van der Waals surface area contributed by atoms with Gasteiger partial charge in [-0.25, -0.2) is 0 Å². The number of pyridine rings is 2. The van der Waals surface area contributed by atoms with Crippen LogP contribution < -0.4 is 0 Å². The lowest BCUT2D eigenvalue weighted by Crippen LogP contribution is -2.37. The van der Waals surface area contributed by atoms with Crippen molar-refractivity contribution in [3.8, 4) is 0 Å². The first-order chi connectivity index (χ1) is 12.7. The number of rotatable bonds is 5. The summed E-state index contributed by atoms with van der Waals surface area (Å²) in [6.45, 7) is 2.22. The molecule has 2 aromatic heterocycles. The van der Waals surface area contributed by atoms with Crippen LogP contribution in [0, 0.1) is 5.92 Å². The molecule has 2 aromatic rings. The molecule has 3 heterocycles. The molecule has 3 atom stereocenters. The predicted molar refractivity (Wildman–Crippen MR) is 99.0 cm³/mol. The number of fused-ring (bicyclic) bond motifs is 3. The van der Waals surface area contributed by atoms with E-state index >= 15 is 0 Å². The maximum atomic E-state index is 12.6. The molecule has 4 rings (SSSR count). The lowest BCUT2D eigenvalue weighted by Gasteiger charge is -2.36. The van der Waals surface area contributed by atoms with E-state index in [1.807, 2.05) is 37.4 Å². The van der Waals surface area contributed by atoms with E-state index in [1.54, 1.807) is 18.6 Å². The Labute approximate surface area is 152 Å². The maximum Gasteiger partial charge on any atom is 0.306 e. The fourth-order valence-corrected chi connectivity index (χ4v) is 4.31. The Kier molecular flexibility index (Phi) is 4.37. The van der Waals surface area contributed by atoms with E-state index in [2.05, 4.69) is 27.1 Å². The fourth-order valence-electron chi connectivity index (χ4n) is 4.31. The standard InChI is InChI=1S/C21H21N3O2/c1-2-26-18(25)14-21(13-15-7-11-22-12-8-15)16-5-3-9-23-19(16)20-17(21)6-4-10-24-20/h3-12,16,19H,2,13-14H2,1H3. The average Bonchev–Trinajstić information content (AvgIpc) is 2.94. The molecular weight excluding hydrogens is 326 g/mol. The van der Waals surface area contributed by atoms with Crippen LogP contribution in [0.15, 0.2) is 60.0 Å². The van der Waals surface area contributed by atoms with E-state index in [1.165, 1.54) is 0 Å². The number of aromatic nitrogens is 2. The van der Waals surface area contributed by atoms with E-state index in [9.17, 15) is 4.79 Å². The molecule has 0 bridgehead atoms. The first kappa shape index (κ1) is 16.6. The Balaban J connectivity index is 1.84. The molecule has 1 aliphatic carbocycles. The number of hydrogen-bond acceptors (Lipinski definition) is 5. The Morgan fingerprint density at radius 2 is 2.08 bits per heavy atom. The molecule has 3 unspecified atom stereocenters. The zero-order valence-electron chi connectivity index (χ0n) is 14.7. The quantitative estimate of drug-likeness (QED) is 0.779. The highest BCUT2D eigenvalue weighted by Gasteiger charge is 2.53. The molecule has 1 aliphatic heterocycles. The topological polar surface area (TPSA) is 64.4 Å². The summed E-state index contributed by atoms with van der Waals surface area (Å²) in [5.41, 5.74) is 2.79. The average molecular weight is 347 g/mol. The van der Waals surface area contributed by atoms with Gasteiger partial charge in [0.1, 0.15) is 0 Å². The number of ether oxygens (including phenoxy) is 1. The van der Waals surface area contributed by atoms with Gasteiger partial charge in [0, 0.05) is 36.1 Å². The smallest absolute Gasteiger partial charge is 0.306 e. The summed E-state index contributed by atoms with van der Waals surface area (Å²) in [7, 11) is 0. The molecule has 132 valence electrons. The molecule has 5 nitrogen and oxygen atoms in total. The van der Waals surface area contributed by atoms with E-state index < -0.39 is 5.41 Å². The van der Waals surface area contributed by atoms with Crippen LogP contribution in [-0.4, -0.2) is 28.8 Å². The number of nitrogens with zero attached hydrogens (tertiary/aromatic N) is 3. The summed E-state index contributed by atoms with van der Waals surface area (Å²) in [5.74, 6) is -0.102. The summed E-state index contributed by atoms with van der Waals surface area (Å²) < 4.78 is 5.33. The first-order valence-corrected chi connectivity index (χ1v) is 8.94. The summed E-state index contributed by atoms with van der Waals surface area (Å²) in [6, 6.07) is 7.99. The third-order valence-electron chi connectivity index (χ3n) is 5.32. The summed E-state index contributed by atoms with van der Waals surface area (Å²) >= 11 is 0. The van der Waals surface area contributed by atoms with Crippen LogP contribution in [0.2, 0.25) is 0 Å². The van der Waals surface area contributed by atoms with Gasteiger partial charge in [-0.15, -0.1) is 0 Å². The summed E-state index contributed by atoms with van der Waals surface area (Å²) in [6.07, 6.45) is 12.4. The molecule has 0 radical (unpaired) electrons. The Morgan fingerprint density at radius 3 is 2.88 bits per heavy atom. The lowest BCUT2D eigenvalue weighted by molar-refractivity contribution is -0.145. The molecule has 0 saturated carbocycles. The molecular formula is C21H21N3O2. The normalized spacial score (nSPS) is 25.6. The van der Waals surface area contributed by atoms with E-state index in [0.29, 0.717) is 19.4 Å². The third kappa shape index (κ3) is 2.73. The van der Waals surface area contributed by atoms with E-state index in [4.69, 9.17) is 4.74 Å². The second-order valence-electron chi connectivity index (χ2n) is 6.76. The monoisotopic (exact) mass is 347 g/mol. The van der Waals surface area contributed by atoms with Gasteiger partial charge >= 0.3 is 5.97 Å². The zero-order chi connectivity index (χ0) is 18.0. The molecule has 0 saturated heterocycles. The summed E-state index contributed by atoms with van der Waals surface area (Å²) in [5, 5.41) is 0. The number of dihydropyridines is 1. The minimum absolute atomic E-state index is 0.0486. The van der Waals surface area contributed by atoms with Crippen LogP contribution >= 0.6 is 0 Å². The van der Waals surface area contributed by atoms with Crippen LogP contribution in [-0.2, 0) is 21.4 Å². The van der Waals surface area contributed by atoms with Crippen LogP contribution in [0.1, 0.15) is 36.2 Å². The first-order valence-electron chi connectivity index (χ1n) is 8.94. The van der Waals surface area contributed by atoms with Crippen LogP contribution in [0.5, 0.6) is 0 Å². The molecule has 2 aliphatic rings. The number of carbonyl (C=O) groups excluding carboxylic acids is 1. The zero-order valence-corrected chi connectivity index (χ0v) is 14.7. The molecule has 0 aromatic carbocycles. The van der Waals surface area contributed by atoms with Gasteiger partial charge in [-0.2, -0.15) is 0 Å². The Bertz CT molecular complexity index is 863. The number of hydrogen-bond donors (Lipinski definition) is 0. The maximum absolute atomic E-state index is 12.6. The molecule has 5 heteroatoms. The Morgan fingerprint density at radius 1 is 1.23 bits per heavy atom. The molecule has 26 heavy (non-hydrogen) atoms. The van der Waals surface area contributed by atoms with Crippen molar-refractivity contribution in [2.75, 3.05) is 6.61 Å². The molecule has 0 spiro atoms. The third-order valence-corrected chi connectivity index (χ3v) is 5.32. The molecule has 0 amide bonds. The van der Waals surface area contributed by atoms with Crippen molar-refractivity contribution in [3.05, 3.63) is 71.8 Å². The lowest BCUT2D eigenvalue weighted by atomic mass is 9.67. The van der Waals surface area contributed by atoms with Crippen molar-refractivity contribution in [2.24, 2.45) is 10.9 Å². The minimum Gasteiger partial charge on any atom is -0.466 e. The summed E-state index contributed by atoms with van der Waals surface area (Å²) in [4.78, 5) is 26.0. The minimum atomic E-state index is -0.421. The SMILES string of the molecule is CCOC(=O)CC1(Cc2ccncc2)c2cccnc2C2N=CC=CC21. The van der Waals surface area contributed by atoms with Gasteiger partial charge in [-0.05, 0) is 48.7 Å². The van der Waals surface area contributed by atoms with Gasteiger partial charge in [-0.3, -0.25) is 19.8 Å².